The molecule has 0 fully saturated rings. The van der Waals surface area contributed by atoms with Crippen molar-refractivity contribution >= 4 is 23.0 Å². The number of nitrogens with zero attached hydrogens (tertiary/aromatic N) is 1. The van der Waals surface area contributed by atoms with Gasteiger partial charge in [-0.25, -0.2) is 9.18 Å². The van der Waals surface area contributed by atoms with E-state index in [1.54, 1.807) is 18.2 Å². The van der Waals surface area contributed by atoms with E-state index < -0.39 is 5.97 Å². The highest BCUT2D eigenvalue weighted by Crippen LogP contribution is 2.21. The molecule has 0 saturated heterocycles. The summed E-state index contributed by atoms with van der Waals surface area (Å²) in [5, 5.41) is 8.83. The third kappa shape index (κ3) is 2.87. The van der Waals surface area contributed by atoms with Crippen molar-refractivity contribution < 1.29 is 14.3 Å². The van der Waals surface area contributed by atoms with E-state index in [1.165, 1.54) is 23.5 Å². The van der Waals surface area contributed by atoms with Gasteiger partial charge in [0.2, 0.25) is 0 Å². The predicted molar refractivity (Wildman–Crippen MR) is 69.8 cm³/mol. The second-order valence-electron chi connectivity index (χ2n) is 3.91. The fraction of sp³-hybridized carbons (Fsp3) is 0.154. The van der Waals surface area contributed by atoms with E-state index in [0.717, 1.165) is 10.6 Å². The van der Waals surface area contributed by atoms with Crippen molar-refractivity contribution in [1.29, 1.82) is 0 Å². The normalized spacial score (nSPS) is 10.3. The minimum absolute atomic E-state index is 0.281. The largest absolute Gasteiger partial charge is 0.477 e. The lowest BCUT2D eigenvalue weighted by molar-refractivity contribution is 0.0702. The molecule has 1 N–H and O–H groups in total. The molecule has 0 unspecified atom stereocenters. The Morgan fingerprint density at radius 1 is 1.39 bits per heavy atom. The lowest BCUT2D eigenvalue weighted by Crippen LogP contribution is -2.15. The first-order valence-corrected chi connectivity index (χ1v) is 6.16. The fourth-order valence-corrected chi connectivity index (χ4v) is 2.52. The van der Waals surface area contributed by atoms with Gasteiger partial charge in [0.25, 0.3) is 0 Å². The summed E-state index contributed by atoms with van der Waals surface area (Å²) >= 11 is 1.23. The molecule has 1 aromatic heterocycles. The molecule has 0 aliphatic heterocycles. The number of aromatic carboxylic acids is 1. The van der Waals surface area contributed by atoms with Gasteiger partial charge < -0.3 is 10.0 Å². The quantitative estimate of drug-likeness (QED) is 0.922. The highest BCUT2D eigenvalue weighted by molar-refractivity contribution is 7.13. The Balaban J connectivity index is 2.11. The van der Waals surface area contributed by atoms with E-state index in [9.17, 15) is 9.18 Å². The number of halogens is 1. The highest BCUT2D eigenvalue weighted by atomic mass is 32.1. The predicted octanol–water partition coefficient (Wildman–Crippen LogP) is 3.22. The third-order valence-corrected chi connectivity index (χ3v) is 3.57. The smallest absolute Gasteiger partial charge is 0.345 e. The van der Waals surface area contributed by atoms with Crippen LogP contribution in [0.15, 0.2) is 36.4 Å². The molecule has 0 spiro atoms. The number of benzene rings is 1. The Bertz CT molecular complexity index is 568. The maximum Gasteiger partial charge on any atom is 0.345 e. The maximum atomic E-state index is 13.1. The zero-order chi connectivity index (χ0) is 13.1. The van der Waals surface area contributed by atoms with Gasteiger partial charge in [0.1, 0.15) is 10.7 Å². The van der Waals surface area contributed by atoms with Crippen molar-refractivity contribution in [3.63, 3.8) is 0 Å². The average Bonchev–Trinajstić information content (AvgIpc) is 2.77. The van der Waals surface area contributed by atoms with Crippen LogP contribution in [-0.2, 0) is 6.54 Å². The monoisotopic (exact) mass is 265 g/mol. The molecule has 0 amide bonds. The molecule has 2 rings (SSSR count). The van der Waals surface area contributed by atoms with Crippen LogP contribution in [0, 0.1) is 5.82 Å². The van der Waals surface area contributed by atoms with Crippen LogP contribution in [0.5, 0.6) is 0 Å². The van der Waals surface area contributed by atoms with Crippen LogP contribution in [0.2, 0.25) is 0 Å². The Kier molecular flexibility index (Phi) is 3.62. The second kappa shape index (κ2) is 5.18. The lowest BCUT2D eigenvalue weighted by Gasteiger charge is -2.18. The van der Waals surface area contributed by atoms with Gasteiger partial charge in [-0.15, -0.1) is 11.3 Å². The number of carboxylic acid groups (broad SMARTS) is 1. The van der Waals surface area contributed by atoms with Crippen molar-refractivity contribution in [2.45, 2.75) is 6.54 Å². The molecular weight excluding hydrogens is 253 g/mol. The molecule has 2 aromatic rings. The summed E-state index contributed by atoms with van der Waals surface area (Å²) in [7, 11) is 1.84. The Morgan fingerprint density at radius 3 is 2.78 bits per heavy atom. The van der Waals surface area contributed by atoms with Gasteiger partial charge in [0, 0.05) is 17.6 Å². The van der Waals surface area contributed by atoms with E-state index in [0.29, 0.717) is 11.4 Å². The van der Waals surface area contributed by atoms with Crippen molar-refractivity contribution in [2.75, 3.05) is 11.9 Å². The molecule has 0 bridgehead atoms. The summed E-state index contributed by atoms with van der Waals surface area (Å²) in [4.78, 5) is 13.9. The molecule has 0 radical (unpaired) electrons. The Morgan fingerprint density at radius 2 is 2.17 bits per heavy atom. The van der Waals surface area contributed by atoms with E-state index in [-0.39, 0.29) is 5.82 Å². The molecule has 1 aromatic carbocycles. The topological polar surface area (TPSA) is 40.5 Å². The van der Waals surface area contributed by atoms with E-state index >= 15 is 0 Å². The summed E-state index contributed by atoms with van der Waals surface area (Å²) in [5.41, 5.74) is 0.764. The van der Waals surface area contributed by atoms with Crippen LogP contribution in [0.1, 0.15) is 14.5 Å². The summed E-state index contributed by atoms with van der Waals surface area (Å²) in [6, 6.07) is 9.68. The zero-order valence-electron chi connectivity index (χ0n) is 9.76. The van der Waals surface area contributed by atoms with Crippen molar-refractivity contribution in [3.05, 3.63) is 52.0 Å². The summed E-state index contributed by atoms with van der Waals surface area (Å²) in [5.74, 6) is -1.20. The summed E-state index contributed by atoms with van der Waals surface area (Å²) in [6.45, 7) is 0.557. The first kappa shape index (κ1) is 12.6. The Labute approximate surface area is 108 Å². The van der Waals surface area contributed by atoms with E-state index in [4.69, 9.17) is 5.11 Å². The van der Waals surface area contributed by atoms with Gasteiger partial charge in [-0.1, -0.05) is 6.07 Å². The average molecular weight is 265 g/mol. The number of carbonyl (C=O) groups is 1. The zero-order valence-corrected chi connectivity index (χ0v) is 10.6. The SMILES string of the molecule is CN(Cc1ccc(C(=O)O)s1)c1cccc(F)c1. The first-order chi connectivity index (χ1) is 8.56. The number of carboxylic acids is 1. The van der Waals surface area contributed by atoms with Gasteiger partial charge in [-0.05, 0) is 30.3 Å². The summed E-state index contributed by atoms with van der Waals surface area (Å²) in [6.07, 6.45) is 0. The molecule has 18 heavy (non-hydrogen) atoms. The molecule has 0 atom stereocenters. The fourth-order valence-electron chi connectivity index (χ4n) is 1.62. The first-order valence-electron chi connectivity index (χ1n) is 5.35. The molecule has 94 valence electrons. The third-order valence-electron chi connectivity index (χ3n) is 2.51. The number of hydrogen-bond acceptors (Lipinski definition) is 3. The van der Waals surface area contributed by atoms with Crippen LogP contribution in [0.4, 0.5) is 10.1 Å². The maximum absolute atomic E-state index is 13.1. The molecular formula is C13H12FNO2S. The standard InChI is InChI=1S/C13H12FNO2S/c1-15(10-4-2-3-9(14)7-10)8-11-5-6-12(18-11)13(16)17/h2-7H,8H2,1H3,(H,16,17). The van der Waals surface area contributed by atoms with Gasteiger partial charge in [0.05, 0.1) is 6.54 Å². The van der Waals surface area contributed by atoms with E-state index in [2.05, 4.69) is 0 Å². The molecule has 3 nitrogen and oxygen atoms in total. The van der Waals surface area contributed by atoms with Gasteiger partial charge in [0.15, 0.2) is 0 Å². The highest BCUT2D eigenvalue weighted by Gasteiger charge is 2.09. The molecule has 0 aliphatic carbocycles. The van der Waals surface area contributed by atoms with Crippen LogP contribution >= 0.6 is 11.3 Å². The Hall–Kier alpha value is -1.88. The number of rotatable bonds is 4. The molecule has 0 saturated carbocycles. The number of hydrogen-bond donors (Lipinski definition) is 1. The van der Waals surface area contributed by atoms with Gasteiger partial charge >= 0.3 is 5.97 Å². The lowest BCUT2D eigenvalue weighted by atomic mass is 10.3. The summed E-state index contributed by atoms with van der Waals surface area (Å²) < 4.78 is 13.1. The van der Waals surface area contributed by atoms with Crippen LogP contribution < -0.4 is 4.90 Å². The van der Waals surface area contributed by atoms with Crippen molar-refractivity contribution in [1.82, 2.24) is 0 Å². The van der Waals surface area contributed by atoms with Crippen LogP contribution in [0.25, 0.3) is 0 Å². The minimum Gasteiger partial charge on any atom is -0.477 e. The van der Waals surface area contributed by atoms with Gasteiger partial charge in [-0.2, -0.15) is 0 Å². The van der Waals surface area contributed by atoms with Crippen molar-refractivity contribution in [3.8, 4) is 0 Å². The molecule has 1 heterocycles. The minimum atomic E-state index is -0.917. The van der Waals surface area contributed by atoms with E-state index in [1.807, 2.05) is 18.0 Å². The van der Waals surface area contributed by atoms with Crippen LogP contribution in [0.3, 0.4) is 0 Å². The molecule has 5 heteroatoms. The van der Waals surface area contributed by atoms with Gasteiger partial charge in [-0.3, -0.25) is 0 Å². The number of thiophene rings is 1. The van der Waals surface area contributed by atoms with Crippen molar-refractivity contribution in [2.24, 2.45) is 0 Å². The number of anilines is 1. The molecule has 0 aliphatic rings. The van der Waals surface area contributed by atoms with Crippen LogP contribution in [-0.4, -0.2) is 18.1 Å². The second-order valence-corrected chi connectivity index (χ2v) is 5.08.